The molecule has 10 heteroatoms. The third-order valence-corrected chi connectivity index (χ3v) is 5.01. The number of carbonyl (C=O) groups is 2. The average molecular weight is 388 g/mol. The average Bonchev–Trinajstić information content (AvgIpc) is 3.08. The van der Waals surface area contributed by atoms with Crippen LogP contribution in [0.1, 0.15) is 41.5 Å². The maximum atomic E-state index is 12.4. The number of aliphatic carboxylic acids is 1. The fourth-order valence-corrected chi connectivity index (χ4v) is 3.91. The molecule has 3 atom stereocenters. The SMILES string of the molecule is CC(=O)O.Nc1cc(C(=O)NC[C@H]2[C@@H]3CNC[C@@H](C3)c3cccc(=O)n32)[nH]n1. The van der Waals surface area contributed by atoms with Gasteiger partial charge in [0.05, 0.1) is 6.04 Å². The summed E-state index contributed by atoms with van der Waals surface area (Å²) in [4.78, 5) is 33.7. The van der Waals surface area contributed by atoms with E-state index < -0.39 is 5.97 Å². The molecule has 0 spiro atoms. The van der Waals surface area contributed by atoms with E-state index in [2.05, 4.69) is 20.8 Å². The Bertz CT molecular complexity index is 917. The lowest BCUT2D eigenvalue weighted by molar-refractivity contribution is -0.134. The van der Waals surface area contributed by atoms with E-state index in [1.165, 1.54) is 6.07 Å². The van der Waals surface area contributed by atoms with Gasteiger partial charge in [-0.2, -0.15) is 5.10 Å². The molecule has 1 saturated heterocycles. The molecule has 6 N–H and O–H groups in total. The lowest BCUT2D eigenvalue weighted by Crippen LogP contribution is -2.50. The van der Waals surface area contributed by atoms with Crippen molar-refractivity contribution >= 4 is 17.7 Å². The number of anilines is 1. The van der Waals surface area contributed by atoms with Gasteiger partial charge in [-0.15, -0.1) is 0 Å². The van der Waals surface area contributed by atoms with Crippen LogP contribution in [0.2, 0.25) is 0 Å². The Hall–Kier alpha value is -3.14. The Morgan fingerprint density at radius 2 is 2.14 bits per heavy atom. The molecule has 0 aliphatic carbocycles. The van der Waals surface area contributed by atoms with Crippen molar-refractivity contribution in [1.82, 2.24) is 25.4 Å². The number of pyridine rings is 1. The normalized spacial score (nSPS) is 22.4. The number of aromatic amines is 1. The van der Waals surface area contributed by atoms with Crippen LogP contribution in [0.25, 0.3) is 0 Å². The van der Waals surface area contributed by atoms with Gasteiger partial charge in [-0.3, -0.25) is 19.5 Å². The standard InChI is InChI=1S/C16H20N6O2.C2H4O2/c17-14-5-11(20-21-14)16(24)19-8-13-10-4-9(6-18-7-10)12-2-1-3-15(23)22(12)13;1-2(3)4/h1-3,5,9-10,13,18H,4,6-8H2,(H,19,24)(H3,17,20,21);1H3,(H,3,4)/t9-,10+,13+;/m1./s1. The van der Waals surface area contributed by atoms with Crippen LogP contribution < -0.4 is 21.9 Å². The third-order valence-electron chi connectivity index (χ3n) is 5.01. The first-order valence-corrected chi connectivity index (χ1v) is 9.07. The highest BCUT2D eigenvalue weighted by Gasteiger charge is 2.37. The van der Waals surface area contributed by atoms with Crippen LogP contribution in [0.3, 0.4) is 0 Å². The van der Waals surface area contributed by atoms with Crippen molar-refractivity contribution in [3.05, 3.63) is 46.0 Å². The number of amides is 1. The summed E-state index contributed by atoms with van der Waals surface area (Å²) in [6.45, 7) is 3.23. The maximum absolute atomic E-state index is 12.4. The summed E-state index contributed by atoms with van der Waals surface area (Å²) >= 11 is 0. The number of H-pyrrole nitrogens is 1. The zero-order chi connectivity index (χ0) is 20.3. The Morgan fingerprint density at radius 3 is 2.82 bits per heavy atom. The van der Waals surface area contributed by atoms with E-state index in [9.17, 15) is 9.59 Å². The summed E-state index contributed by atoms with van der Waals surface area (Å²) in [6.07, 6.45) is 1.04. The molecule has 150 valence electrons. The lowest BCUT2D eigenvalue weighted by atomic mass is 9.79. The van der Waals surface area contributed by atoms with E-state index in [-0.39, 0.29) is 23.3 Å². The van der Waals surface area contributed by atoms with Crippen molar-refractivity contribution in [1.29, 1.82) is 0 Å². The number of hydrogen-bond donors (Lipinski definition) is 5. The predicted octanol–water partition coefficient (Wildman–Crippen LogP) is -0.0777. The monoisotopic (exact) mass is 388 g/mol. The highest BCUT2D eigenvalue weighted by atomic mass is 16.4. The Balaban J connectivity index is 0.000000516. The maximum Gasteiger partial charge on any atom is 0.300 e. The van der Waals surface area contributed by atoms with Crippen LogP contribution in [0.5, 0.6) is 0 Å². The zero-order valence-electron chi connectivity index (χ0n) is 15.5. The van der Waals surface area contributed by atoms with E-state index in [1.807, 2.05) is 16.7 Å². The lowest BCUT2D eigenvalue weighted by Gasteiger charge is -2.43. The van der Waals surface area contributed by atoms with E-state index in [1.54, 1.807) is 6.07 Å². The highest BCUT2D eigenvalue weighted by Crippen LogP contribution is 2.38. The molecule has 2 aliphatic heterocycles. The van der Waals surface area contributed by atoms with Gasteiger partial charge in [0.2, 0.25) is 0 Å². The van der Waals surface area contributed by atoms with Crippen molar-refractivity contribution in [2.45, 2.75) is 25.3 Å². The van der Waals surface area contributed by atoms with Crippen molar-refractivity contribution in [3.63, 3.8) is 0 Å². The number of fused-ring (bicyclic) bond motifs is 4. The van der Waals surface area contributed by atoms with Gasteiger partial charge in [0.25, 0.3) is 17.4 Å². The number of nitrogens with two attached hydrogens (primary N) is 1. The third kappa shape index (κ3) is 4.22. The fraction of sp³-hybridized carbons (Fsp3) is 0.444. The molecule has 4 rings (SSSR count). The van der Waals surface area contributed by atoms with Crippen molar-refractivity contribution in [2.24, 2.45) is 5.92 Å². The summed E-state index contributed by atoms with van der Waals surface area (Å²) < 4.78 is 1.86. The number of nitrogen functional groups attached to an aromatic ring is 1. The zero-order valence-corrected chi connectivity index (χ0v) is 15.5. The Kier molecular flexibility index (Phi) is 5.78. The van der Waals surface area contributed by atoms with E-state index in [0.717, 1.165) is 32.1 Å². The number of carboxylic acids is 1. The molecule has 0 radical (unpaired) electrons. The summed E-state index contributed by atoms with van der Waals surface area (Å²) in [7, 11) is 0. The fourth-order valence-electron chi connectivity index (χ4n) is 3.91. The number of carboxylic acid groups (broad SMARTS) is 1. The minimum absolute atomic E-state index is 0.00543. The molecule has 0 saturated carbocycles. The Morgan fingerprint density at radius 1 is 1.39 bits per heavy atom. The van der Waals surface area contributed by atoms with Gasteiger partial charge in [0.15, 0.2) is 0 Å². The molecule has 4 heterocycles. The molecule has 2 bridgehead atoms. The van der Waals surface area contributed by atoms with Crippen molar-refractivity contribution in [2.75, 3.05) is 25.4 Å². The molecule has 2 aromatic heterocycles. The second kappa shape index (κ2) is 8.26. The second-order valence-corrected chi connectivity index (χ2v) is 7.01. The molecule has 2 aromatic rings. The number of piperidine rings is 1. The summed E-state index contributed by atoms with van der Waals surface area (Å²) in [5.74, 6) is -0.144. The van der Waals surface area contributed by atoms with E-state index in [0.29, 0.717) is 24.1 Å². The molecular weight excluding hydrogens is 364 g/mol. The van der Waals surface area contributed by atoms with Gasteiger partial charge in [-0.1, -0.05) is 6.07 Å². The van der Waals surface area contributed by atoms with Gasteiger partial charge in [-0.25, -0.2) is 0 Å². The molecule has 0 unspecified atom stereocenters. The van der Waals surface area contributed by atoms with Gasteiger partial charge >= 0.3 is 0 Å². The number of rotatable bonds is 3. The number of hydrogen-bond acceptors (Lipinski definition) is 6. The smallest absolute Gasteiger partial charge is 0.300 e. The van der Waals surface area contributed by atoms with E-state index >= 15 is 0 Å². The minimum Gasteiger partial charge on any atom is -0.481 e. The topological polar surface area (TPSA) is 155 Å². The van der Waals surface area contributed by atoms with Gasteiger partial charge in [0.1, 0.15) is 11.5 Å². The minimum atomic E-state index is -0.833. The summed E-state index contributed by atoms with van der Waals surface area (Å²) in [6, 6.07) is 6.85. The van der Waals surface area contributed by atoms with Crippen LogP contribution in [0.15, 0.2) is 29.1 Å². The highest BCUT2D eigenvalue weighted by molar-refractivity contribution is 5.92. The molecule has 28 heavy (non-hydrogen) atoms. The molecule has 1 fully saturated rings. The molecule has 2 aliphatic rings. The molecular formula is C18H24N6O4. The summed E-state index contributed by atoms with van der Waals surface area (Å²) in [5.41, 5.74) is 6.90. The van der Waals surface area contributed by atoms with E-state index in [4.69, 9.17) is 15.6 Å². The number of carbonyl (C=O) groups excluding carboxylic acids is 1. The molecule has 1 amide bonds. The van der Waals surface area contributed by atoms with Crippen LogP contribution in [0, 0.1) is 5.92 Å². The summed E-state index contributed by atoms with van der Waals surface area (Å²) in [5, 5.41) is 20.1. The van der Waals surface area contributed by atoms with Gasteiger partial charge in [0, 0.05) is 50.3 Å². The molecule has 0 aromatic carbocycles. The number of nitrogens with one attached hydrogen (secondary N) is 3. The quantitative estimate of drug-likeness (QED) is 0.492. The van der Waals surface area contributed by atoms with Crippen molar-refractivity contribution < 1.29 is 14.7 Å². The van der Waals surface area contributed by atoms with Gasteiger partial charge in [-0.05, 0) is 18.4 Å². The largest absolute Gasteiger partial charge is 0.481 e. The van der Waals surface area contributed by atoms with Crippen LogP contribution >= 0.6 is 0 Å². The first-order valence-electron chi connectivity index (χ1n) is 9.07. The van der Waals surface area contributed by atoms with Crippen molar-refractivity contribution in [3.8, 4) is 0 Å². The number of aromatic nitrogens is 3. The van der Waals surface area contributed by atoms with Crippen LogP contribution in [-0.2, 0) is 4.79 Å². The van der Waals surface area contributed by atoms with Crippen LogP contribution in [0.4, 0.5) is 5.82 Å². The second-order valence-electron chi connectivity index (χ2n) is 7.01. The molecule has 10 nitrogen and oxygen atoms in total. The van der Waals surface area contributed by atoms with Crippen LogP contribution in [-0.4, -0.2) is 51.4 Å². The van der Waals surface area contributed by atoms with Gasteiger partial charge < -0.3 is 26.0 Å². The Labute approximate surface area is 161 Å². The predicted molar refractivity (Wildman–Crippen MR) is 102 cm³/mol. The number of nitrogens with zero attached hydrogens (tertiary/aromatic N) is 2. The first kappa shape index (κ1) is 19.6. The first-order chi connectivity index (χ1) is 13.4.